The topological polar surface area (TPSA) is 134 Å². The van der Waals surface area contributed by atoms with Gasteiger partial charge in [-0.3, -0.25) is 20.2 Å². The first kappa shape index (κ1) is 25.5. The fraction of sp³-hybridized carbons (Fsp3) is 0.0435. The van der Waals surface area contributed by atoms with Gasteiger partial charge in [-0.2, -0.15) is 0 Å². The van der Waals surface area contributed by atoms with E-state index in [0.29, 0.717) is 25.8 Å². The van der Waals surface area contributed by atoms with Gasteiger partial charge in [0.25, 0.3) is 11.4 Å². The molecule has 3 aromatic rings. The number of cyclic esters (lactones) is 1. The zero-order valence-electron chi connectivity index (χ0n) is 17.8. The van der Waals surface area contributed by atoms with E-state index in [0.717, 1.165) is 0 Å². The van der Waals surface area contributed by atoms with Crippen molar-refractivity contribution in [3.05, 3.63) is 111 Å². The molecular formula is C23H12Br2ClN3O7. The SMILES string of the molecule is O=C1OC(c2ccc(Cl)c([N+](=O)[O-])c2)=N/C1=C\c1cc(Br)c(OCc2cccc([N+](=O)[O-])c2)c(Br)c1. The van der Waals surface area contributed by atoms with Crippen molar-refractivity contribution in [1.29, 1.82) is 0 Å². The lowest BCUT2D eigenvalue weighted by atomic mass is 10.2. The molecule has 0 fully saturated rings. The predicted molar refractivity (Wildman–Crippen MR) is 138 cm³/mol. The average Bonchev–Trinajstić information content (AvgIpc) is 3.18. The fourth-order valence-corrected chi connectivity index (χ4v) is 4.83. The van der Waals surface area contributed by atoms with Crippen LogP contribution in [0.2, 0.25) is 5.02 Å². The third-order valence-electron chi connectivity index (χ3n) is 4.84. The van der Waals surface area contributed by atoms with Crippen molar-refractivity contribution in [1.82, 2.24) is 0 Å². The van der Waals surface area contributed by atoms with Crippen LogP contribution in [0.15, 0.2) is 74.2 Å². The van der Waals surface area contributed by atoms with Crippen molar-refractivity contribution in [2.45, 2.75) is 6.61 Å². The van der Waals surface area contributed by atoms with E-state index in [1.165, 1.54) is 36.4 Å². The minimum atomic E-state index is -0.721. The first-order valence-corrected chi connectivity index (χ1v) is 11.9. The van der Waals surface area contributed by atoms with E-state index in [1.807, 2.05) is 0 Å². The van der Waals surface area contributed by atoms with E-state index in [-0.39, 0.29) is 40.2 Å². The number of ether oxygens (including phenoxy) is 2. The highest BCUT2D eigenvalue weighted by Gasteiger charge is 2.26. The molecule has 0 unspecified atom stereocenters. The number of esters is 1. The summed E-state index contributed by atoms with van der Waals surface area (Å²) in [5.41, 5.74) is 1.05. The molecule has 1 aliphatic rings. The van der Waals surface area contributed by atoms with Gasteiger partial charge in [0.2, 0.25) is 5.90 Å². The number of nitro benzene ring substituents is 2. The van der Waals surface area contributed by atoms with Gasteiger partial charge in [-0.1, -0.05) is 23.7 Å². The minimum Gasteiger partial charge on any atom is -0.487 e. The van der Waals surface area contributed by atoms with E-state index in [4.69, 9.17) is 21.1 Å². The number of aliphatic imine (C=N–C) groups is 1. The van der Waals surface area contributed by atoms with Crippen LogP contribution in [0.3, 0.4) is 0 Å². The maximum absolute atomic E-state index is 12.4. The molecular weight excluding hydrogens is 626 g/mol. The summed E-state index contributed by atoms with van der Waals surface area (Å²) in [6.07, 6.45) is 1.49. The number of hydrogen-bond donors (Lipinski definition) is 0. The first-order valence-electron chi connectivity index (χ1n) is 9.94. The maximum Gasteiger partial charge on any atom is 0.363 e. The Morgan fingerprint density at radius 3 is 2.42 bits per heavy atom. The molecule has 0 spiro atoms. The number of benzene rings is 3. The smallest absolute Gasteiger partial charge is 0.363 e. The number of carbonyl (C=O) groups excluding carboxylic acids is 1. The van der Waals surface area contributed by atoms with E-state index in [2.05, 4.69) is 36.9 Å². The summed E-state index contributed by atoms with van der Waals surface area (Å²) in [7, 11) is 0. The molecule has 0 aromatic heterocycles. The summed E-state index contributed by atoms with van der Waals surface area (Å²) in [6, 6.07) is 13.5. The van der Waals surface area contributed by atoms with Gasteiger partial charge in [0.05, 0.1) is 18.8 Å². The standard InChI is InChI=1S/C23H12Br2ClN3O7/c24-16-7-13(8-17(25)21(16)35-11-12-2-1-3-15(6-12)28(31)32)9-19-23(30)36-22(27-19)14-4-5-18(26)20(10-14)29(33)34/h1-10H,11H2/b19-9-. The number of hydrogen-bond acceptors (Lipinski definition) is 8. The molecule has 1 aliphatic heterocycles. The normalized spacial score (nSPS) is 13.9. The largest absolute Gasteiger partial charge is 0.487 e. The highest BCUT2D eigenvalue weighted by Crippen LogP contribution is 2.36. The third kappa shape index (κ3) is 5.61. The molecule has 0 saturated carbocycles. The Kier molecular flexibility index (Phi) is 7.48. The second kappa shape index (κ2) is 10.6. The third-order valence-corrected chi connectivity index (χ3v) is 6.34. The van der Waals surface area contributed by atoms with Gasteiger partial charge in [0, 0.05) is 23.8 Å². The van der Waals surface area contributed by atoms with Gasteiger partial charge in [-0.25, -0.2) is 9.79 Å². The van der Waals surface area contributed by atoms with Crippen LogP contribution >= 0.6 is 43.5 Å². The molecule has 10 nitrogen and oxygen atoms in total. The molecule has 0 amide bonds. The van der Waals surface area contributed by atoms with Crippen molar-refractivity contribution in [2.24, 2.45) is 4.99 Å². The summed E-state index contributed by atoms with van der Waals surface area (Å²) in [6.45, 7) is 0.0898. The molecule has 0 atom stereocenters. The van der Waals surface area contributed by atoms with E-state index in [9.17, 15) is 25.0 Å². The monoisotopic (exact) mass is 635 g/mol. The van der Waals surface area contributed by atoms with Crippen LogP contribution in [0.1, 0.15) is 16.7 Å². The number of nitro groups is 2. The molecule has 3 aromatic carbocycles. The quantitative estimate of drug-likeness (QED) is 0.123. The molecule has 0 radical (unpaired) electrons. The molecule has 13 heteroatoms. The van der Waals surface area contributed by atoms with Crippen LogP contribution in [-0.4, -0.2) is 21.7 Å². The summed E-state index contributed by atoms with van der Waals surface area (Å²) < 4.78 is 12.1. The number of non-ortho nitro benzene ring substituents is 1. The second-order valence-electron chi connectivity index (χ2n) is 7.29. The Bertz CT molecular complexity index is 1470. The average molecular weight is 638 g/mol. The van der Waals surface area contributed by atoms with E-state index in [1.54, 1.807) is 24.3 Å². The van der Waals surface area contributed by atoms with Crippen LogP contribution < -0.4 is 4.74 Å². The van der Waals surface area contributed by atoms with Gasteiger partial charge in [0.1, 0.15) is 17.4 Å². The fourth-order valence-electron chi connectivity index (χ4n) is 3.19. The number of nitrogens with zero attached hydrogens (tertiary/aromatic N) is 3. The Balaban J connectivity index is 1.56. The van der Waals surface area contributed by atoms with Gasteiger partial charge >= 0.3 is 5.97 Å². The van der Waals surface area contributed by atoms with Crippen LogP contribution in [-0.2, 0) is 16.1 Å². The van der Waals surface area contributed by atoms with Crippen molar-refractivity contribution < 1.29 is 24.1 Å². The van der Waals surface area contributed by atoms with Crippen LogP contribution in [0.25, 0.3) is 6.08 Å². The van der Waals surface area contributed by atoms with Gasteiger partial charge in [-0.15, -0.1) is 0 Å². The number of carbonyl (C=O) groups is 1. The van der Waals surface area contributed by atoms with E-state index < -0.39 is 15.8 Å². The maximum atomic E-state index is 12.4. The van der Waals surface area contributed by atoms with Crippen molar-refractivity contribution in [3.8, 4) is 5.75 Å². The number of halogens is 3. The van der Waals surface area contributed by atoms with Crippen LogP contribution in [0.4, 0.5) is 11.4 Å². The van der Waals surface area contributed by atoms with Crippen molar-refractivity contribution in [2.75, 3.05) is 0 Å². The Morgan fingerprint density at radius 2 is 1.75 bits per heavy atom. The van der Waals surface area contributed by atoms with Crippen molar-refractivity contribution in [3.63, 3.8) is 0 Å². The molecule has 1 heterocycles. The Hall–Kier alpha value is -3.61. The van der Waals surface area contributed by atoms with Crippen molar-refractivity contribution >= 4 is 72.8 Å². The van der Waals surface area contributed by atoms with Gasteiger partial charge < -0.3 is 9.47 Å². The molecule has 0 saturated heterocycles. The zero-order valence-corrected chi connectivity index (χ0v) is 21.7. The highest BCUT2D eigenvalue weighted by molar-refractivity contribution is 9.11. The summed E-state index contributed by atoms with van der Waals surface area (Å²) in [4.78, 5) is 37.5. The van der Waals surface area contributed by atoms with Gasteiger partial charge in [0.15, 0.2) is 5.70 Å². The lowest BCUT2D eigenvalue weighted by Gasteiger charge is -2.11. The molecule has 0 aliphatic carbocycles. The van der Waals surface area contributed by atoms with E-state index >= 15 is 0 Å². The Morgan fingerprint density at radius 1 is 1.03 bits per heavy atom. The number of rotatable bonds is 7. The Labute approximate surface area is 224 Å². The zero-order chi connectivity index (χ0) is 26.0. The highest BCUT2D eigenvalue weighted by atomic mass is 79.9. The summed E-state index contributed by atoms with van der Waals surface area (Å²) >= 11 is 12.7. The predicted octanol–water partition coefficient (Wildman–Crippen LogP) is 6.60. The van der Waals surface area contributed by atoms with Crippen LogP contribution in [0.5, 0.6) is 5.75 Å². The molecule has 0 bridgehead atoms. The van der Waals surface area contributed by atoms with Gasteiger partial charge in [-0.05, 0) is 73.3 Å². The summed E-state index contributed by atoms with van der Waals surface area (Å²) in [5, 5.41) is 22.1. The first-order chi connectivity index (χ1) is 17.1. The molecule has 182 valence electrons. The lowest BCUT2D eigenvalue weighted by molar-refractivity contribution is -0.385. The minimum absolute atomic E-state index is 0.00772. The summed E-state index contributed by atoms with van der Waals surface area (Å²) in [5.74, 6) is -0.350. The molecule has 0 N–H and O–H groups in total. The second-order valence-corrected chi connectivity index (χ2v) is 9.40. The molecule has 4 rings (SSSR count). The van der Waals surface area contributed by atoms with Crippen LogP contribution in [0, 0.1) is 20.2 Å². The molecule has 36 heavy (non-hydrogen) atoms. The lowest BCUT2D eigenvalue weighted by Crippen LogP contribution is -2.06.